The minimum absolute atomic E-state index is 0.403. The van der Waals surface area contributed by atoms with Crippen LogP contribution < -0.4 is 5.32 Å². The van der Waals surface area contributed by atoms with E-state index in [9.17, 15) is 0 Å². The highest BCUT2D eigenvalue weighted by molar-refractivity contribution is 7.99. The first-order valence-electron chi connectivity index (χ1n) is 5.51. The Hall–Kier alpha value is -0.920. The maximum Gasteiger partial charge on any atom is 0.0545 e. The van der Waals surface area contributed by atoms with Crippen LogP contribution in [0.15, 0.2) is 12.4 Å². The van der Waals surface area contributed by atoms with Gasteiger partial charge in [0.15, 0.2) is 0 Å². The molecule has 3 nitrogen and oxygen atoms in total. The smallest absolute Gasteiger partial charge is 0.0545 e. The van der Waals surface area contributed by atoms with Crippen LogP contribution in [-0.2, 0) is 7.05 Å². The van der Waals surface area contributed by atoms with Crippen molar-refractivity contribution < 1.29 is 0 Å². The second-order valence-corrected chi connectivity index (χ2v) is 4.72. The molecule has 1 aromatic heterocycles. The van der Waals surface area contributed by atoms with Crippen LogP contribution >= 0.6 is 11.8 Å². The Labute approximate surface area is 102 Å². The lowest BCUT2D eigenvalue weighted by Gasteiger charge is -2.14. The van der Waals surface area contributed by atoms with Crippen molar-refractivity contribution in [2.75, 3.05) is 18.1 Å². The number of rotatable bonds is 7. The van der Waals surface area contributed by atoms with E-state index in [4.69, 9.17) is 6.42 Å². The minimum atomic E-state index is 0.403. The molecule has 4 heteroatoms. The van der Waals surface area contributed by atoms with E-state index in [1.54, 1.807) is 11.8 Å². The molecule has 16 heavy (non-hydrogen) atoms. The molecule has 0 aliphatic rings. The summed E-state index contributed by atoms with van der Waals surface area (Å²) in [5.41, 5.74) is 1.26. The second-order valence-electron chi connectivity index (χ2n) is 3.62. The first-order valence-corrected chi connectivity index (χ1v) is 6.66. The Kier molecular flexibility index (Phi) is 6.05. The number of nitrogens with zero attached hydrogens (tertiary/aromatic N) is 2. The number of terminal acetylenes is 1. The Bertz CT molecular complexity index is 340. The first-order chi connectivity index (χ1) is 7.77. The Morgan fingerprint density at radius 1 is 1.69 bits per heavy atom. The number of hydrogen-bond acceptors (Lipinski definition) is 3. The zero-order chi connectivity index (χ0) is 11.8. The summed E-state index contributed by atoms with van der Waals surface area (Å²) in [6, 6.07) is 0.403. The van der Waals surface area contributed by atoms with Gasteiger partial charge in [-0.2, -0.15) is 5.10 Å². The molecule has 0 aromatic carbocycles. The van der Waals surface area contributed by atoms with Crippen molar-refractivity contribution in [2.24, 2.45) is 7.05 Å². The van der Waals surface area contributed by atoms with Crippen LogP contribution in [0, 0.1) is 12.3 Å². The topological polar surface area (TPSA) is 29.9 Å². The first kappa shape index (κ1) is 13.1. The molecular formula is C12H19N3S. The van der Waals surface area contributed by atoms with Crippen LogP contribution in [0.2, 0.25) is 0 Å². The van der Waals surface area contributed by atoms with Gasteiger partial charge in [-0.15, -0.1) is 18.2 Å². The lowest BCUT2D eigenvalue weighted by Crippen LogP contribution is -2.23. The van der Waals surface area contributed by atoms with Gasteiger partial charge in [0.25, 0.3) is 0 Å². The third kappa shape index (κ3) is 4.30. The summed E-state index contributed by atoms with van der Waals surface area (Å²) in [7, 11) is 1.94. The molecule has 88 valence electrons. The fourth-order valence-corrected chi connectivity index (χ4v) is 2.08. The molecule has 1 unspecified atom stereocenters. The average Bonchev–Trinajstić information content (AvgIpc) is 2.70. The molecule has 0 radical (unpaired) electrons. The normalized spacial score (nSPS) is 12.3. The molecule has 1 aromatic rings. The number of hydrogen-bond donors (Lipinski definition) is 1. The van der Waals surface area contributed by atoms with Gasteiger partial charge in [0.2, 0.25) is 0 Å². The predicted molar refractivity (Wildman–Crippen MR) is 70.4 cm³/mol. The standard InChI is InChI=1S/C12H19N3S/c1-4-7-16-8-6-13-12(5-2)11-9-14-15(3)10-11/h1,9-10,12-13H,5-8H2,2-3H3. The van der Waals surface area contributed by atoms with Gasteiger partial charge in [0, 0.05) is 37.1 Å². The van der Waals surface area contributed by atoms with Crippen LogP contribution in [0.5, 0.6) is 0 Å². The molecule has 1 rings (SSSR count). The van der Waals surface area contributed by atoms with Crippen LogP contribution in [0.3, 0.4) is 0 Å². The summed E-state index contributed by atoms with van der Waals surface area (Å²) in [4.78, 5) is 0. The SMILES string of the molecule is C#CCSCCNC(CC)c1cnn(C)c1. The quantitative estimate of drug-likeness (QED) is 0.579. The summed E-state index contributed by atoms with van der Waals surface area (Å²) >= 11 is 1.79. The Morgan fingerprint density at radius 2 is 2.50 bits per heavy atom. The lowest BCUT2D eigenvalue weighted by atomic mass is 10.1. The van der Waals surface area contributed by atoms with Gasteiger partial charge in [-0.05, 0) is 6.42 Å². The van der Waals surface area contributed by atoms with Crippen molar-refractivity contribution >= 4 is 11.8 Å². The summed E-state index contributed by atoms with van der Waals surface area (Å²) in [6.07, 6.45) is 10.3. The Morgan fingerprint density at radius 3 is 3.06 bits per heavy atom. The third-order valence-corrected chi connectivity index (χ3v) is 3.22. The molecule has 0 saturated heterocycles. The summed E-state index contributed by atoms with van der Waals surface area (Å²) in [6.45, 7) is 3.17. The van der Waals surface area contributed by atoms with Gasteiger partial charge >= 0.3 is 0 Å². The highest BCUT2D eigenvalue weighted by atomic mass is 32.2. The minimum Gasteiger partial charge on any atom is -0.309 e. The summed E-state index contributed by atoms with van der Waals surface area (Å²) in [5, 5.41) is 7.70. The molecule has 0 fully saturated rings. The van der Waals surface area contributed by atoms with Crippen molar-refractivity contribution in [3.8, 4) is 12.3 Å². The van der Waals surface area contributed by atoms with Gasteiger partial charge in [-0.1, -0.05) is 12.8 Å². The fraction of sp³-hybridized carbons (Fsp3) is 0.583. The highest BCUT2D eigenvalue weighted by Gasteiger charge is 2.09. The van der Waals surface area contributed by atoms with E-state index >= 15 is 0 Å². The van der Waals surface area contributed by atoms with Gasteiger partial charge in [0.05, 0.1) is 11.9 Å². The molecule has 0 bridgehead atoms. The van der Waals surface area contributed by atoms with Crippen molar-refractivity contribution in [2.45, 2.75) is 19.4 Å². The van der Waals surface area contributed by atoms with Gasteiger partial charge in [0.1, 0.15) is 0 Å². The second kappa shape index (κ2) is 7.37. The van der Waals surface area contributed by atoms with E-state index in [1.807, 2.05) is 17.9 Å². The largest absolute Gasteiger partial charge is 0.309 e. The van der Waals surface area contributed by atoms with E-state index in [2.05, 4.69) is 29.5 Å². The molecule has 0 amide bonds. The predicted octanol–water partition coefficient (Wildman–Crippen LogP) is 1.83. The van der Waals surface area contributed by atoms with Gasteiger partial charge < -0.3 is 5.32 Å². The van der Waals surface area contributed by atoms with Crippen LogP contribution in [0.1, 0.15) is 24.9 Å². The monoisotopic (exact) mass is 237 g/mol. The molecule has 1 N–H and O–H groups in total. The third-order valence-electron chi connectivity index (χ3n) is 2.36. The fourth-order valence-electron chi connectivity index (χ4n) is 1.55. The zero-order valence-corrected chi connectivity index (χ0v) is 10.8. The maximum atomic E-state index is 5.19. The van der Waals surface area contributed by atoms with E-state index in [0.29, 0.717) is 6.04 Å². The van der Waals surface area contributed by atoms with Crippen molar-refractivity contribution in [1.82, 2.24) is 15.1 Å². The molecule has 0 aliphatic heterocycles. The summed E-state index contributed by atoms with van der Waals surface area (Å²) in [5.74, 6) is 4.48. The average molecular weight is 237 g/mol. The molecule has 0 aliphatic carbocycles. The summed E-state index contributed by atoms with van der Waals surface area (Å²) < 4.78 is 1.84. The van der Waals surface area contributed by atoms with Gasteiger partial charge in [-0.25, -0.2) is 0 Å². The Balaban J connectivity index is 2.30. The molecule has 0 spiro atoms. The van der Waals surface area contributed by atoms with Crippen molar-refractivity contribution in [3.05, 3.63) is 18.0 Å². The van der Waals surface area contributed by atoms with Crippen LogP contribution in [0.25, 0.3) is 0 Å². The number of aromatic nitrogens is 2. The van der Waals surface area contributed by atoms with E-state index in [0.717, 1.165) is 24.5 Å². The van der Waals surface area contributed by atoms with Crippen LogP contribution in [-0.4, -0.2) is 27.8 Å². The van der Waals surface area contributed by atoms with Gasteiger partial charge in [-0.3, -0.25) is 4.68 Å². The van der Waals surface area contributed by atoms with Crippen molar-refractivity contribution in [3.63, 3.8) is 0 Å². The molecule has 1 heterocycles. The number of aryl methyl sites for hydroxylation is 1. The molecule has 0 saturated carbocycles. The number of thioether (sulfide) groups is 1. The lowest BCUT2D eigenvalue weighted by molar-refractivity contribution is 0.539. The maximum absolute atomic E-state index is 5.19. The van der Waals surface area contributed by atoms with Crippen LogP contribution in [0.4, 0.5) is 0 Å². The van der Waals surface area contributed by atoms with Crippen molar-refractivity contribution in [1.29, 1.82) is 0 Å². The van der Waals surface area contributed by atoms with E-state index in [1.165, 1.54) is 5.56 Å². The zero-order valence-electron chi connectivity index (χ0n) is 9.94. The molecular weight excluding hydrogens is 218 g/mol. The molecule has 1 atom stereocenters. The van der Waals surface area contributed by atoms with E-state index < -0.39 is 0 Å². The van der Waals surface area contributed by atoms with E-state index in [-0.39, 0.29) is 0 Å². The number of nitrogens with one attached hydrogen (secondary N) is 1. The highest BCUT2D eigenvalue weighted by Crippen LogP contribution is 2.15.